The topological polar surface area (TPSA) is 3.24 Å². The van der Waals surface area contributed by atoms with Crippen LogP contribution in [0.25, 0.3) is 4.91 Å². The Kier molecular flexibility index (Phi) is 3.79. The number of piperidine rings is 1. The molecule has 2 aliphatic heterocycles. The lowest BCUT2D eigenvalue weighted by molar-refractivity contribution is 0.253. The van der Waals surface area contributed by atoms with Crippen LogP contribution in [0.3, 0.4) is 0 Å². The number of nitrogens with zero attached hydrogens (tertiary/aromatic N) is 1. The molecule has 1 nitrogen and oxygen atoms in total. The van der Waals surface area contributed by atoms with E-state index in [0.717, 1.165) is 0 Å². The van der Waals surface area contributed by atoms with Crippen molar-refractivity contribution in [1.82, 2.24) is 4.90 Å². The third-order valence-corrected chi connectivity index (χ3v) is 6.05. The molecular formula is C14H17NS2. The molecule has 17 heavy (non-hydrogen) atoms. The van der Waals surface area contributed by atoms with Crippen molar-refractivity contribution in [3.63, 3.8) is 0 Å². The van der Waals surface area contributed by atoms with E-state index in [4.69, 9.17) is 0 Å². The van der Waals surface area contributed by atoms with Crippen LogP contribution in [-0.4, -0.2) is 22.7 Å². The minimum absolute atomic E-state index is 0.616. The van der Waals surface area contributed by atoms with Crippen LogP contribution >= 0.6 is 23.5 Å². The quantitative estimate of drug-likeness (QED) is 0.786. The smallest absolute Gasteiger partial charge is 0.111 e. The summed E-state index contributed by atoms with van der Waals surface area (Å²) in [6, 6.07) is 10.7. The van der Waals surface area contributed by atoms with Gasteiger partial charge in [0.1, 0.15) is 4.71 Å². The van der Waals surface area contributed by atoms with Gasteiger partial charge in [0.2, 0.25) is 0 Å². The molecule has 0 aromatic heterocycles. The maximum Gasteiger partial charge on any atom is 0.111 e. The second-order valence-corrected chi connectivity index (χ2v) is 6.88. The highest BCUT2D eigenvalue weighted by molar-refractivity contribution is 8.26. The van der Waals surface area contributed by atoms with Crippen molar-refractivity contribution in [2.24, 2.45) is 0 Å². The van der Waals surface area contributed by atoms with Gasteiger partial charge in [0, 0.05) is 4.91 Å². The molecule has 1 aromatic rings. The molecule has 0 N–H and O–H groups in total. The molecule has 0 aliphatic carbocycles. The predicted molar refractivity (Wildman–Crippen MR) is 78.8 cm³/mol. The van der Waals surface area contributed by atoms with Crippen molar-refractivity contribution in [3.05, 3.63) is 41.3 Å². The third-order valence-electron chi connectivity index (χ3n) is 3.27. The van der Waals surface area contributed by atoms with Gasteiger partial charge in [-0.1, -0.05) is 48.5 Å². The molecule has 3 rings (SSSR count). The highest BCUT2D eigenvalue weighted by Gasteiger charge is 2.26. The molecule has 2 heterocycles. The van der Waals surface area contributed by atoms with E-state index in [2.05, 4.69) is 40.6 Å². The van der Waals surface area contributed by atoms with E-state index in [1.54, 1.807) is 0 Å². The molecule has 1 aromatic carbocycles. The second kappa shape index (κ2) is 5.51. The highest BCUT2D eigenvalue weighted by Crippen LogP contribution is 2.47. The normalized spacial score (nSPS) is 25.9. The van der Waals surface area contributed by atoms with E-state index in [1.807, 2.05) is 23.5 Å². The average Bonchev–Trinajstić information content (AvgIpc) is 2.90. The molecule has 0 saturated carbocycles. The molecule has 1 saturated heterocycles. The molecule has 1 fully saturated rings. The van der Waals surface area contributed by atoms with Gasteiger partial charge in [-0.3, -0.25) is 4.90 Å². The maximum absolute atomic E-state index is 2.63. The lowest BCUT2D eigenvalue weighted by Gasteiger charge is -2.30. The predicted octanol–water partition coefficient (Wildman–Crippen LogP) is 4.23. The van der Waals surface area contributed by atoms with E-state index < -0.39 is 0 Å². The number of benzene rings is 1. The van der Waals surface area contributed by atoms with Crippen LogP contribution in [0.1, 0.15) is 24.8 Å². The fourth-order valence-electron chi connectivity index (χ4n) is 2.31. The fourth-order valence-corrected chi connectivity index (χ4v) is 5.01. The molecular weight excluding hydrogens is 246 g/mol. The Morgan fingerprint density at radius 1 is 1.00 bits per heavy atom. The minimum atomic E-state index is 0.616. The minimum Gasteiger partial charge on any atom is -0.283 e. The van der Waals surface area contributed by atoms with Crippen molar-refractivity contribution in [2.75, 3.05) is 13.1 Å². The number of thioether (sulfide) groups is 2. The molecule has 1 unspecified atom stereocenters. The Morgan fingerprint density at radius 2 is 1.76 bits per heavy atom. The second-order valence-electron chi connectivity index (χ2n) is 4.51. The van der Waals surface area contributed by atoms with Crippen molar-refractivity contribution in [2.45, 2.75) is 24.0 Å². The van der Waals surface area contributed by atoms with Crippen molar-refractivity contribution < 1.29 is 0 Å². The molecule has 0 bridgehead atoms. The van der Waals surface area contributed by atoms with Gasteiger partial charge < -0.3 is 0 Å². The Balaban J connectivity index is 1.64. The summed E-state index contributed by atoms with van der Waals surface area (Å²) in [7, 11) is 0. The number of hydrogen-bond acceptors (Lipinski definition) is 3. The average molecular weight is 263 g/mol. The van der Waals surface area contributed by atoms with Crippen LogP contribution in [0.5, 0.6) is 0 Å². The summed E-state index contributed by atoms with van der Waals surface area (Å²) in [4.78, 5) is 4.07. The molecule has 1 atom stereocenters. The first-order chi connectivity index (χ1) is 8.43. The van der Waals surface area contributed by atoms with Crippen LogP contribution in [0.2, 0.25) is 0 Å². The standard InChI is InChI=1S/C14H17NS2/c1-3-7-12(8-4-1)13-11-16-14(17-13)15-9-5-2-6-10-15/h1,3-4,7-8,11,14H,2,5-6,9-10H2. The van der Waals surface area contributed by atoms with E-state index in [0.29, 0.717) is 4.71 Å². The Bertz CT molecular complexity index is 396. The summed E-state index contributed by atoms with van der Waals surface area (Å²) in [6.45, 7) is 2.56. The summed E-state index contributed by atoms with van der Waals surface area (Å²) in [5.41, 5.74) is 1.37. The van der Waals surface area contributed by atoms with Crippen LogP contribution < -0.4 is 0 Å². The molecule has 0 amide bonds. The fraction of sp³-hybridized carbons (Fsp3) is 0.429. The number of rotatable bonds is 2. The first kappa shape index (κ1) is 11.7. The summed E-state index contributed by atoms with van der Waals surface area (Å²) in [5.74, 6) is 0. The van der Waals surface area contributed by atoms with E-state index in [-0.39, 0.29) is 0 Å². The van der Waals surface area contributed by atoms with Gasteiger partial charge in [0.25, 0.3) is 0 Å². The zero-order chi connectivity index (χ0) is 11.5. The van der Waals surface area contributed by atoms with E-state index in [1.165, 1.54) is 42.8 Å². The van der Waals surface area contributed by atoms with Gasteiger partial charge in [-0.2, -0.15) is 0 Å². The molecule has 90 valence electrons. The Morgan fingerprint density at radius 3 is 2.53 bits per heavy atom. The Labute approximate surface area is 112 Å². The molecule has 3 heteroatoms. The van der Waals surface area contributed by atoms with E-state index >= 15 is 0 Å². The van der Waals surface area contributed by atoms with Crippen LogP contribution in [0.15, 0.2) is 35.7 Å². The summed E-state index contributed by atoms with van der Waals surface area (Å²) in [6.07, 6.45) is 4.16. The summed E-state index contributed by atoms with van der Waals surface area (Å²) >= 11 is 4.00. The monoisotopic (exact) mass is 263 g/mol. The van der Waals surface area contributed by atoms with Gasteiger partial charge >= 0.3 is 0 Å². The van der Waals surface area contributed by atoms with Gasteiger partial charge in [-0.05, 0) is 36.9 Å². The van der Waals surface area contributed by atoms with Gasteiger partial charge in [-0.15, -0.1) is 11.8 Å². The van der Waals surface area contributed by atoms with Gasteiger partial charge in [0.05, 0.1) is 0 Å². The van der Waals surface area contributed by atoms with Crippen LogP contribution in [-0.2, 0) is 0 Å². The van der Waals surface area contributed by atoms with Crippen molar-refractivity contribution >= 4 is 28.4 Å². The Hall–Kier alpha value is -0.380. The van der Waals surface area contributed by atoms with Crippen molar-refractivity contribution in [1.29, 1.82) is 0 Å². The first-order valence-corrected chi connectivity index (χ1v) is 8.07. The highest BCUT2D eigenvalue weighted by atomic mass is 32.2. The van der Waals surface area contributed by atoms with Gasteiger partial charge in [0.15, 0.2) is 0 Å². The first-order valence-electron chi connectivity index (χ1n) is 6.25. The molecule has 0 spiro atoms. The van der Waals surface area contributed by atoms with Gasteiger partial charge in [-0.25, -0.2) is 0 Å². The lowest BCUT2D eigenvalue weighted by Crippen LogP contribution is -2.34. The number of likely N-dealkylation sites (tertiary alicyclic amines) is 1. The molecule has 2 aliphatic rings. The van der Waals surface area contributed by atoms with E-state index in [9.17, 15) is 0 Å². The summed E-state index contributed by atoms with van der Waals surface area (Å²) < 4.78 is 0.616. The third kappa shape index (κ3) is 2.72. The zero-order valence-corrected chi connectivity index (χ0v) is 11.5. The lowest BCUT2D eigenvalue weighted by atomic mass is 10.1. The largest absolute Gasteiger partial charge is 0.283 e. The van der Waals surface area contributed by atoms with Crippen LogP contribution in [0.4, 0.5) is 0 Å². The molecule has 0 radical (unpaired) electrons. The zero-order valence-electron chi connectivity index (χ0n) is 9.84. The summed E-state index contributed by atoms with van der Waals surface area (Å²) in [5, 5.41) is 2.33. The SMILES string of the molecule is C1=C(c2ccccc2)SC(N2CCCCC2)S1. The van der Waals surface area contributed by atoms with Crippen LogP contribution in [0, 0.1) is 0 Å². The number of hydrogen-bond donors (Lipinski definition) is 0. The van der Waals surface area contributed by atoms with Crippen molar-refractivity contribution in [3.8, 4) is 0 Å². The maximum atomic E-state index is 2.63.